The highest BCUT2D eigenvalue weighted by Crippen LogP contribution is 2.43. The fourth-order valence-electron chi connectivity index (χ4n) is 5.40. The quantitative estimate of drug-likeness (QED) is 0.0141. The maximum atomic E-state index is 12.4. The summed E-state index contributed by atoms with van der Waals surface area (Å²) in [5, 5.41) is 10.1. The van der Waals surface area contributed by atoms with Crippen molar-refractivity contribution >= 4 is 13.8 Å². The fourth-order valence-corrected chi connectivity index (χ4v) is 6.16. The highest BCUT2D eigenvalue weighted by atomic mass is 31.2. The van der Waals surface area contributed by atoms with Crippen LogP contribution >= 0.6 is 7.82 Å². The number of esters is 1. The zero-order valence-corrected chi connectivity index (χ0v) is 33.3. The van der Waals surface area contributed by atoms with E-state index in [9.17, 15) is 19.4 Å². The molecule has 0 heterocycles. The van der Waals surface area contributed by atoms with Crippen LogP contribution in [0.5, 0.6) is 0 Å². The van der Waals surface area contributed by atoms with E-state index in [-0.39, 0.29) is 38.8 Å². The van der Waals surface area contributed by atoms with E-state index in [2.05, 4.69) is 32.1 Å². The summed E-state index contributed by atoms with van der Waals surface area (Å²) in [6.45, 7) is 3.97. The van der Waals surface area contributed by atoms with E-state index in [4.69, 9.17) is 24.3 Å². The molecule has 3 atom stereocenters. The number of ether oxygens (including phenoxy) is 2. The third-order valence-electron chi connectivity index (χ3n) is 8.45. The zero-order chi connectivity index (χ0) is 37.5. The molecule has 0 saturated heterocycles. The molecule has 0 radical (unpaired) electrons. The molecule has 298 valence electrons. The molecule has 4 N–H and O–H groups in total. The number of allylic oxidation sites excluding steroid dienone is 6. The number of hydrogen-bond donors (Lipinski definition) is 3. The van der Waals surface area contributed by atoms with E-state index < -0.39 is 20.0 Å². The maximum absolute atomic E-state index is 12.4. The van der Waals surface area contributed by atoms with E-state index in [1.807, 2.05) is 24.3 Å². The smallest absolute Gasteiger partial charge is 0.472 e. The summed E-state index contributed by atoms with van der Waals surface area (Å²) in [4.78, 5) is 22.2. The van der Waals surface area contributed by atoms with Gasteiger partial charge in [0, 0.05) is 13.0 Å². The summed E-state index contributed by atoms with van der Waals surface area (Å²) in [6, 6.07) is 0. The maximum Gasteiger partial charge on any atom is 0.472 e. The van der Waals surface area contributed by atoms with Gasteiger partial charge in [0.2, 0.25) is 0 Å². The normalized spacial score (nSPS) is 14.6. The molecule has 0 aliphatic rings. The van der Waals surface area contributed by atoms with Crippen LogP contribution in [0, 0.1) is 0 Å². The summed E-state index contributed by atoms with van der Waals surface area (Å²) in [6.07, 6.45) is 41.0. The highest BCUT2D eigenvalue weighted by molar-refractivity contribution is 7.47. The third kappa shape index (κ3) is 37.8. The number of nitrogens with two attached hydrogens (primary N) is 1. The number of carbonyl (C=O) groups is 1. The molecule has 51 heavy (non-hydrogen) atoms. The minimum atomic E-state index is -4.29. The van der Waals surface area contributed by atoms with Gasteiger partial charge in [-0.05, 0) is 44.6 Å². The molecule has 0 aliphatic carbocycles. The highest BCUT2D eigenvalue weighted by Gasteiger charge is 2.24. The molecule has 0 rings (SSSR count). The second-order valence-corrected chi connectivity index (χ2v) is 14.8. The summed E-state index contributed by atoms with van der Waals surface area (Å²) in [5.74, 6) is -0.347. The van der Waals surface area contributed by atoms with Crippen molar-refractivity contribution in [2.75, 3.05) is 26.4 Å². The van der Waals surface area contributed by atoms with Crippen molar-refractivity contribution in [3.05, 3.63) is 48.8 Å². The van der Waals surface area contributed by atoms with Crippen molar-refractivity contribution in [2.45, 2.75) is 180 Å². The van der Waals surface area contributed by atoms with Gasteiger partial charge in [0.1, 0.15) is 6.61 Å². The Balaban J connectivity index is 4.20. The van der Waals surface area contributed by atoms with Crippen LogP contribution in [0.4, 0.5) is 0 Å². The number of carbonyl (C=O) groups excluding carboxylic acids is 1. The summed E-state index contributed by atoms with van der Waals surface area (Å²) in [5.41, 5.74) is 5.35. The third-order valence-corrected chi connectivity index (χ3v) is 9.44. The Morgan fingerprint density at radius 2 is 1.33 bits per heavy atom. The van der Waals surface area contributed by atoms with E-state index in [1.165, 1.54) is 83.5 Å². The minimum absolute atomic E-state index is 0.0855. The van der Waals surface area contributed by atoms with Crippen molar-refractivity contribution in [1.29, 1.82) is 0 Å². The number of phosphoric acid groups is 1. The van der Waals surface area contributed by atoms with Gasteiger partial charge >= 0.3 is 13.8 Å². The average Bonchev–Trinajstić information content (AvgIpc) is 3.12. The molecule has 0 aromatic heterocycles. The molecule has 0 aromatic rings. The zero-order valence-electron chi connectivity index (χ0n) is 32.4. The van der Waals surface area contributed by atoms with Crippen LogP contribution in [0.1, 0.15) is 168 Å². The van der Waals surface area contributed by atoms with Crippen LogP contribution in [-0.4, -0.2) is 54.5 Å². The Morgan fingerprint density at radius 1 is 0.725 bits per heavy atom. The minimum Gasteiger partial charge on any atom is -0.492 e. The lowest BCUT2D eigenvalue weighted by Gasteiger charge is -2.19. The monoisotopic (exact) mass is 742 g/mol. The Bertz CT molecular complexity index is 939. The molecule has 0 aliphatic heterocycles. The first-order valence-corrected chi connectivity index (χ1v) is 21.8. The lowest BCUT2D eigenvalue weighted by atomic mass is 10.0. The second-order valence-electron chi connectivity index (χ2n) is 13.4. The number of phosphoric ester groups is 1. The lowest BCUT2D eigenvalue weighted by Crippen LogP contribution is -2.25. The van der Waals surface area contributed by atoms with Gasteiger partial charge in [-0.3, -0.25) is 13.8 Å². The molecule has 0 aromatic carbocycles. The summed E-state index contributed by atoms with van der Waals surface area (Å²) < 4.78 is 33.1. The first kappa shape index (κ1) is 49.3. The number of rotatable bonds is 38. The SMILES string of the molecule is CC/C=C/C/C=C/C=C/C(O)CCCCCCCC(=O)OC[C@H](COP(=O)(O)OCCN)O/C=C/CCCCCCCCCCCCCCCC. The Hall–Kier alpha value is -1.74. The number of unbranched alkanes of at least 4 members (excludes halogenated alkanes) is 18. The molecule has 2 unspecified atom stereocenters. The van der Waals surface area contributed by atoms with E-state index in [1.54, 1.807) is 6.26 Å². The van der Waals surface area contributed by atoms with E-state index in [0.29, 0.717) is 6.42 Å². The van der Waals surface area contributed by atoms with Gasteiger partial charge in [0.05, 0.1) is 25.6 Å². The van der Waals surface area contributed by atoms with Gasteiger partial charge in [-0.15, -0.1) is 0 Å². The Morgan fingerprint density at radius 3 is 1.96 bits per heavy atom. The molecule has 10 heteroatoms. The number of aliphatic hydroxyl groups excluding tert-OH is 1. The van der Waals surface area contributed by atoms with Gasteiger partial charge < -0.3 is 25.2 Å². The van der Waals surface area contributed by atoms with Crippen molar-refractivity contribution in [3.63, 3.8) is 0 Å². The van der Waals surface area contributed by atoms with Crippen LogP contribution in [0.15, 0.2) is 48.8 Å². The van der Waals surface area contributed by atoms with Gasteiger partial charge in [-0.2, -0.15) is 0 Å². The van der Waals surface area contributed by atoms with Crippen LogP contribution in [0.3, 0.4) is 0 Å². The topological polar surface area (TPSA) is 138 Å². The largest absolute Gasteiger partial charge is 0.492 e. The molecule has 9 nitrogen and oxygen atoms in total. The molecule has 0 fully saturated rings. The Kier molecular flexibility index (Phi) is 36.7. The van der Waals surface area contributed by atoms with Crippen LogP contribution < -0.4 is 5.73 Å². The number of aliphatic hydroxyl groups is 1. The molecular formula is C41H76NO8P. The van der Waals surface area contributed by atoms with Crippen LogP contribution in [0.25, 0.3) is 0 Å². The van der Waals surface area contributed by atoms with Gasteiger partial charge in [-0.1, -0.05) is 159 Å². The van der Waals surface area contributed by atoms with Gasteiger partial charge in [0.15, 0.2) is 6.10 Å². The summed E-state index contributed by atoms with van der Waals surface area (Å²) >= 11 is 0. The molecular weight excluding hydrogens is 665 g/mol. The van der Waals surface area contributed by atoms with Crippen molar-refractivity contribution in [2.24, 2.45) is 5.73 Å². The molecule has 0 bridgehead atoms. The average molecular weight is 742 g/mol. The first-order valence-electron chi connectivity index (χ1n) is 20.3. The van der Waals surface area contributed by atoms with Crippen molar-refractivity contribution in [3.8, 4) is 0 Å². The fraction of sp³-hybridized carbons (Fsp3) is 0.780. The number of hydrogen-bond acceptors (Lipinski definition) is 8. The van der Waals surface area contributed by atoms with Gasteiger partial charge in [0.25, 0.3) is 0 Å². The Labute approximate surface area is 312 Å². The predicted octanol–water partition coefficient (Wildman–Crippen LogP) is 11.0. The predicted molar refractivity (Wildman–Crippen MR) is 211 cm³/mol. The van der Waals surface area contributed by atoms with Gasteiger partial charge in [-0.25, -0.2) is 4.57 Å². The second kappa shape index (κ2) is 38.0. The van der Waals surface area contributed by atoms with E-state index >= 15 is 0 Å². The first-order chi connectivity index (χ1) is 24.8. The summed E-state index contributed by atoms with van der Waals surface area (Å²) in [7, 11) is -4.29. The van der Waals surface area contributed by atoms with E-state index in [0.717, 1.165) is 57.8 Å². The lowest BCUT2D eigenvalue weighted by molar-refractivity contribution is -0.147. The molecule has 0 amide bonds. The molecule has 0 saturated carbocycles. The molecule has 0 spiro atoms. The standard InChI is InChI=1S/C41H76NO8P/c1-3-5-7-9-11-12-13-14-15-16-17-18-19-21-26-30-35-47-40(38-50-51(45,46)49-36-34-42)37-48-41(44)33-29-25-22-24-28-32-39(43)31-27-23-20-10-8-6-4-2/h6,8,20,23,27,30-31,35,39-40,43H,3-5,7,9-19,21-22,24-26,28-29,32-34,36-38,42H2,1-2H3,(H,45,46)/b8-6+,23-20+,31-27+,35-30+/t39?,40-/m1/s1. The van der Waals surface area contributed by atoms with Crippen LogP contribution in [0.2, 0.25) is 0 Å². The van der Waals surface area contributed by atoms with Crippen molar-refractivity contribution < 1.29 is 37.9 Å². The van der Waals surface area contributed by atoms with Crippen molar-refractivity contribution in [1.82, 2.24) is 0 Å². The van der Waals surface area contributed by atoms with Crippen LogP contribution in [-0.2, 0) is 27.9 Å².